The van der Waals surface area contributed by atoms with Crippen LogP contribution in [0.1, 0.15) is 5.56 Å². The van der Waals surface area contributed by atoms with Gasteiger partial charge in [-0.25, -0.2) is 8.42 Å². The number of rotatable bonds is 7. The summed E-state index contributed by atoms with van der Waals surface area (Å²) in [5, 5.41) is 3.17. The fourth-order valence-corrected chi connectivity index (χ4v) is 7.27. The highest BCUT2D eigenvalue weighted by atomic mass is 32.2. The number of piperazine rings is 1. The Morgan fingerprint density at radius 3 is 2.39 bits per heavy atom. The molecular formula is C30H30N4O2S2. The molecule has 0 radical (unpaired) electrons. The molecule has 8 heteroatoms. The average molecular weight is 543 g/mol. The SMILES string of the molecule is CN(c1ccccc1CCN1CCN(c2nsc3ccccc23)CC1)S(=O)(=O)c1ccc2ccccc2c1. The summed E-state index contributed by atoms with van der Waals surface area (Å²) in [6, 6.07) is 29.4. The van der Waals surface area contributed by atoms with E-state index in [0.29, 0.717) is 4.90 Å². The van der Waals surface area contributed by atoms with Gasteiger partial charge in [0.1, 0.15) is 5.82 Å². The van der Waals surface area contributed by atoms with Gasteiger partial charge in [-0.1, -0.05) is 60.7 Å². The Morgan fingerprint density at radius 1 is 0.842 bits per heavy atom. The van der Waals surface area contributed by atoms with Crippen LogP contribution in [0.5, 0.6) is 0 Å². The van der Waals surface area contributed by atoms with Gasteiger partial charge in [0, 0.05) is 45.2 Å². The van der Waals surface area contributed by atoms with Crippen molar-refractivity contribution in [2.75, 3.05) is 49.0 Å². The van der Waals surface area contributed by atoms with Crippen LogP contribution >= 0.6 is 11.5 Å². The van der Waals surface area contributed by atoms with Gasteiger partial charge < -0.3 is 4.90 Å². The highest BCUT2D eigenvalue weighted by Gasteiger charge is 2.25. The van der Waals surface area contributed by atoms with E-state index in [2.05, 4.69) is 34.1 Å². The first kappa shape index (κ1) is 24.9. The van der Waals surface area contributed by atoms with Crippen LogP contribution in [0.25, 0.3) is 20.9 Å². The van der Waals surface area contributed by atoms with Crippen molar-refractivity contribution in [2.45, 2.75) is 11.3 Å². The number of anilines is 2. The minimum atomic E-state index is -3.69. The number of nitrogens with zero attached hydrogens (tertiary/aromatic N) is 4. The molecule has 1 aliphatic heterocycles. The van der Waals surface area contributed by atoms with Crippen molar-refractivity contribution in [3.05, 3.63) is 96.6 Å². The summed E-state index contributed by atoms with van der Waals surface area (Å²) >= 11 is 1.56. The topological polar surface area (TPSA) is 56.8 Å². The minimum absolute atomic E-state index is 0.305. The fourth-order valence-electron chi connectivity index (χ4n) is 5.21. The first-order chi connectivity index (χ1) is 18.5. The summed E-state index contributed by atoms with van der Waals surface area (Å²) in [6.45, 7) is 4.67. The monoisotopic (exact) mass is 542 g/mol. The Hall–Kier alpha value is -3.46. The highest BCUT2D eigenvalue weighted by Crippen LogP contribution is 2.31. The molecule has 0 spiro atoms. The average Bonchev–Trinajstić information content (AvgIpc) is 3.40. The molecule has 6 nitrogen and oxygen atoms in total. The lowest BCUT2D eigenvalue weighted by Crippen LogP contribution is -2.47. The molecule has 1 saturated heterocycles. The van der Waals surface area contributed by atoms with Crippen LogP contribution in [0.2, 0.25) is 0 Å². The lowest BCUT2D eigenvalue weighted by atomic mass is 10.1. The first-order valence-electron chi connectivity index (χ1n) is 12.9. The molecule has 0 N–H and O–H groups in total. The van der Waals surface area contributed by atoms with Gasteiger partial charge in [0.25, 0.3) is 10.0 Å². The minimum Gasteiger partial charge on any atom is -0.353 e. The van der Waals surface area contributed by atoms with Crippen LogP contribution in [0.3, 0.4) is 0 Å². The van der Waals surface area contributed by atoms with Crippen molar-refractivity contribution in [3.8, 4) is 0 Å². The molecule has 2 heterocycles. The van der Waals surface area contributed by atoms with E-state index < -0.39 is 10.0 Å². The van der Waals surface area contributed by atoms with Gasteiger partial charge in [-0.05, 0) is 64.6 Å². The lowest BCUT2D eigenvalue weighted by molar-refractivity contribution is 0.261. The van der Waals surface area contributed by atoms with Crippen molar-refractivity contribution < 1.29 is 8.42 Å². The zero-order chi connectivity index (χ0) is 26.1. The zero-order valence-corrected chi connectivity index (χ0v) is 23.0. The molecule has 0 atom stereocenters. The van der Waals surface area contributed by atoms with Gasteiger partial charge in [0.05, 0.1) is 15.3 Å². The second-order valence-corrected chi connectivity index (χ2v) is 12.5. The number of hydrogen-bond acceptors (Lipinski definition) is 6. The van der Waals surface area contributed by atoms with Gasteiger partial charge in [0.2, 0.25) is 0 Å². The van der Waals surface area contributed by atoms with E-state index in [0.717, 1.165) is 67.0 Å². The fraction of sp³-hybridized carbons (Fsp3) is 0.233. The van der Waals surface area contributed by atoms with Gasteiger partial charge in [-0.15, -0.1) is 0 Å². The smallest absolute Gasteiger partial charge is 0.264 e. The maximum atomic E-state index is 13.6. The lowest BCUT2D eigenvalue weighted by Gasteiger charge is -2.35. The van der Waals surface area contributed by atoms with Crippen molar-refractivity contribution in [1.29, 1.82) is 0 Å². The van der Waals surface area contributed by atoms with Gasteiger partial charge in [-0.2, -0.15) is 4.37 Å². The second-order valence-electron chi connectivity index (χ2n) is 9.69. The quantitative estimate of drug-likeness (QED) is 0.266. The third-order valence-electron chi connectivity index (χ3n) is 7.44. The van der Waals surface area contributed by atoms with Gasteiger partial charge >= 0.3 is 0 Å². The summed E-state index contributed by atoms with van der Waals surface area (Å²) in [5.74, 6) is 1.09. The molecule has 0 amide bonds. The summed E-state index contributed by atoms with van der Waals surface area (Å²) < 4.78 is 34.5. The standard InChI is InChI=1S/C30H30N4O2S2/c1-32(38(35,36)26-15-14-23-8-2-3-10-25(23)22-26)28-12-6-4-9-24(28)16-17-33-18-20-34(21-19-33)30-27-11-5-7-13-29(27)37-31-30/h2-15,22H,16-21H2,1H3. The molecule has 5 aromatic rings. The van der Waals surface area contributed by atoms with E-state index in [1.807, 2.05) is 54.6 Å². The number of aromatic nitrogens is 1. The highest BCUT2D eigenvalue weighted by molar-refractivity contribution is 7.92. The molecule has 0 aliphatic carbocycles. The molecule has 4 aromatic carbocycles. The van der Waals surface area contributed by atoms with Crippen LogP contribution in [0.4, 0.5) is 11.5 Å². The summed E-state index contributed by atoms with van der Waals surface area (Å²) in [5.41, 5.74) is 1.76. The van der Waals surface area contributed by atoms with E-state index in [-0.39, 0.29) is 0 Å². The van der Waals surface area contributed by atoms with Crippen LogP contribution in [0.15, 0.2) is 95.9 Å². The van der Waals surface area contributed by atoms with E-state index >= 15 is 0 Å². The van der Waals surface area contributed by atoms with Crippen LogP contribution in [0, 0.1) is 0 Å². The molecule has 194 valence electrons. The first-order valence-corrected chi connectivity index (χ1v) is 15.1. The Bertz CT molecular complexity index is 1690. The number of para-hydroxylation sites is 1. The largest absolute Gasteiger partial charge is 0.353 e. The van der Waals surface area contributed by atoms with Crippen molar-refractivity contribution in [3.63, 3.8) is 0 Å². The second kappa shape index (κ2) is 10.4. The predicted molar refractivity (Wildman–Crippen MR) is 158 cm³/mol. The van der Waals surface area contributed by atoms with E-state index in [1.54, 1.807) is 30.7 Å². The third kappa shape index (κ3) is 4.75. The molecule has 6 rings (SSSR count). The molecular weight excluding hydrogens is 512 g/mol. The number of sulfonamides is 1. The summed E-state index contributed by atoms with van der Waals surface area (Å²) in [7, 11) is -2.04. The zero-order valence-electron chi connectivity index (χ0n) is 21.3. The third-order valence-corrected chi connectivity index (χ3v) is 10.0. The maximum Gasteiger partial charge on any atom is 0.264 e. The van der Waals surface area contributed by atoms with Gasteiger partial charge in [0.15, 0.2) is 0 Å². The Labute approximate surface area is 227 Å². The normalized spacial score (nSPS) is 14.8. The van der Waals surface area contributed by atoms with Crippen LogP contribution in [-0.2, 0) is 16.4 Å². The molecule has 0 unspecified atom stereocenters. The number of hydrogen-bond donors (Lipinski definition) is 0. The maximum absolute atomic E-state index is 13.6. The molecule has 0 bridgehead atoms. The number of fused-ring (bicyclic) bond motifs is 2. The predicted octanol–water partition coefficient (Wildman–Crippen LogP) is 5.64. The molecule has 1 aromatic heterocycles. The molecule has 0 saturated carbocycles. The molecule has 1 fully saturated rings. The van der Waals surface area contributed by atoms with E-state index in [4.69, 9.17) is 4.37 Å². The van der Waals surface area contributed by atoms with Crippen molar-refractivity contribution >= 4 is 53.9 Å². The van der Waals surface area contributed by atoms with Crippen molar-refractivity contribution in [2.24, 2.45) is 0 Å². The van der Waals surface area contributed by atoms with Crippen LogP contribution < -0.4 is 9.21 Å². The Balaban J connectivity index is 1.14. The van der Waals surface area contributed by atoms with Gasteiger partial charge in [-0.3, -0.25) is 9.21 Å². The van der Waals surface area contributed by atoms with Crippen molar-refractivity contribution in [1.82, 2.24) is 9.27 Å². The molecule has 1 aliphatic rings. The number of benzene rings is 4. The Kier molecular flexibility index (Phi) is 6.78. The Morgan fingerprint density at radius 2 is 1.55 bits per heavy atom. The molecule has 38 heavy (non-hydrogen) atoms. The summed E-state index contributed by atoms with van der Waals surface area (Å²) in [6.07, 6.45) is 0.785. The van der Waals surface area contributed by atoms with Crippen LogP contribution in [-0.4, -0.2) is 57.5 Å². The summed E-state index contributed by atoms with van der Waals surface area (Å²) in [4.78, 5) is 5.14. The van der Waals surface area contributed by atoms with E-state index in [1.165, 1.54) is 14.4 Å². The van der Waals surface area contributed by atoms with E-state index in [9.17, 15) is 8.42 Å².